The van der Waals surface area contributed by atoms with E-state index in [4.69, 9.17) is 9.47 Å². The van der Waals surface area contributed by atoms with E-state index in [0.717, 1.165) is 19.8 Å². The number of fused-ring (bicyclic) bond motifs is 2. The second-order valence-corrected chi connectivity index (χ2v) is 8.38. The summed E-state index contributed by atoms with van der Waals surface area (Å²) in [6.07, 6.45) is -5.43. The molecule has 150 valence electrons. The molecule has 0 aromatic rings. The van der Waals surface area contributed by atoms with Gasteiger partial charge in [0.1, 0.15) is 0 Å². The van der Waals surface area contributed by atoms with Crippen LogP contribution in [-0.2, 0) is 14.2 Å². The summed E-state index contributed by atoms with van der Waals surface area (Å²) in [4.78, 5) is 0. The van der Waals surface area contributed by atoms with Gasteiger partial charge in [0.25, 0.3) is 0 Å². The zero-order valence-corrected chi connectivity index (χ0v) is 14.9. The minimum absolute atomic E-state index is 0.355. The Hall–Kier alpha value is -0.470. The number of hydrogen-bond donors (Lipinski definition) is 0. The molecule has 0 N–H and O–H groups in total. The van der Waals surface area contributed by atoms with Gasteiger partial charge in [-0.25, -0.2) is 4.39 Å². The Morgan fingerprint density at radius 1 is 0.885 bits per heavy atom. The third-order valence-corrected chi connectivity index (χ3v) is 7.10. The van der Waals surface area contributed by atoms with Crippen LogP contribution in [0.3, 0.4) is 0 Å². The first-order valence-corrected chi connectivity index (χ1v) is 9.52. The molecule has 0 amide bonds. The monoisotopic (exact) mass is 384 g/mol. The van der Waals surface area contributed by atoms with Crippen molar-refractivity contribution in [2.24, 2.45) is 35.5 Å². The number of rotatable bonds is 3. The standard InChI is InChI=1S/C18H25F5O3/c1-9-11-6-7-12(16(11,19)25-13-5-3-4-8-24-13)14(9)15-10(2)17(20,21)26-18(15,22)23/h9-15H,3-8H2,1-2H3. The zero-order chi connectivity index (χ0) is 18.9. The van der Waals surface area contributed by atoms with Crippen molar-refractivity contribution in [2.75, 3.05) is 6.61 Å². The van der Waals surface area contributed by atoms with Gasteiger partial charge in [0.2, 0.25) is 5.85 Å². The van der Waals surface area contributed by atoms with Crippen LogP contribution in [0.25, 0.3) is 0 Å². The molecule has 8 atom stereocenters. The van der Waals surface area contributed by atoms with E-state index in [2.05, 4.69) is 4.74 Å². The second-order valence-electron chi connectivity index (χ2n) is 8.38. The third kappa shape index (κ3) is 2.62. The summed E-state index contributed by atoms with van der Waals surface area (Å²) in [6, 6.07) is 0. The van der Waals surface area contributed by atoms with Crippen LogP contribution in [0.15, 0.2) is 0 Å². The van der Waals surface area contributed by atoms with Crippen LogP contribution < -0.4 is 0 Å². The van der Waals surface area contributed by atoms with Crippen molar-refractivity contribution in [1.82, 2.24) is 0 Å². The first-order valence-electron chi connectivity index (χ1n) is 9.52. The van der Waals surface area contributed by atoms with Crippen LogP contribution >= 0.6 is 0 Å². The van der Waals surface area contributed by atoms with Gasteiger partial charge in [-0.1, -0.05) is 13.8 Å². The van der Waals surface area contributed by atoms with Crippen molar-refractivity contribution in [3.8, 4) is 0 Å². The molecule has 8 heteroatoms. The highest BCUT2D eigenvalue weighted by Gasteiger charge is 2.74. The fraction of sp³-hybridized carbons (Fsp3) is 1.00. The van der Waals surface area contributed by atoms with Gasteiger partial charge in [-0.15, -0.1) is 0 Å². The van der Waals surface area contributed by atoms with Crippen molar-refractivity contribution >= 4 is 0 Å². The number of halogens is 5. The fourth-order valence-electron chi connectivity index (χ4n) is 5.90. The van der Waals surface area contributed by atoms with Gasteiger partial charge in [0, 0.05) is 18.4 Å². The molecule has 2 saturated heterocycles. The Morgan fingerprint density at radius 3 is 2.15 bits per heavy atom. The van der Waals surface area contributed by atoms with E-state index in [9.17, 15) is 17.6 Å². The highest BCUT2D eigenvalue weighted by Crippen LogP contribution is 2.67. The van der Waals surface area contributed by atoms with E-state index in [1.165, 1.54) is 0 Å². The van der Waals surface area contributed by atoms with Gasteiger partial charge in [-0.3, -0.25) is 4.74 Å². The second kappa shape index (κ2) is 6.01. The lowest BCUT2D eigenvalue weighted by atomic mass is 9.69. The molecule has 2 aliphatic carbocycles. The average molecular weight is 384 g/mol. The minimum Gasteiger partial charge on any atom is -0.353 e. The molecule has 0 aromatic heterocycles. The van der Waals surface area contributed by atoms with E-state index in [1.807, 2.05) is 0 Å². The maximum Gasteiger partial charge on any atom is 0.363 e. The lowest BCUT2D eigenvalue weighted by molar-refractivity contribution is -0.344. The lowest BCUT2D eigenvalue weighted by Gasteiger charge is -2.36. The summed E-state index contributed by atoms with van der Waals surface area (Å²) in [5.74, 6) is -8.34. The van der Waals surface area contributed by atoms with Crippen LogP contribution in [0, 0.1) is 35.5 Å². The van der Waals surface area contributed by atoms with Crippen LogP contribution in [0.1, 0.15) is 46.0 Å². The first kappa shape index (κ1) is 18.9. The highest BCUT2D eigenvalue weighted by atomic mass is 19.3. The first-order chi connectivity index (χ1) is 12.1. The maximum absolute atomic E-state index is 15.9. The van der Waals surface area contributed by atoms with Crippen molar-refractivity contribution in [2.45, 2.75) is 70.3 Å². The van der Waals surface area contributed by atoms with Gasteiger partial charge in [0.05, 0.1) is 11.8 Å². The summed E-state index contributed by atoms with van der Waals surface area (Å²) < 4.78 is 87.1. The summed E-state index contributed by atoms with van der Waals surface area (Å²) in [5.41, 5.74) is 0. The highest BCUT2D eigenvalue weighted by molar-refractivity contribution is 5.11. The Labute approximate surface area is 149 Å². The van der Waals surface area contributed by atoms with E-state index >= 15 is 4.39 Å². The molecule has 4 fully saturated rings. The quantitative estimate of drug-likeness (QED) is 0.644. The normalized spacial score (nSPS) is 52.5. The topological polar surface area (TPSA) is 27.7 Å². The third-order valence-electron chi connectivity index (χ3n) is 7.10. The van der Waals surface area contributed by atoms with Gasteiger partial charge >= 0.3 is 12.2 Å². The van der Waals surface area contributed by atoms with Gasteiger partial charge in [-0.05, 0) is 43.9 Å². The SMILES string of the molecule is CC1C(C2C(C)C(F)(F)OC2(F)F)C2CCC1C2(F)OC1CCCCO1. The van der Waals surface area contributed by atoms with Crippen molar-refractivity contribution in [1.29, 1.82) is 0 Å². The summed E-state index contributed by atoms with van der Waals surface area (Å²) in [5, 5.41) is 0. The molecule has 0 aromatic carbocycles. The number of alkyl halides is 5. The van der Waals surface area contributed by atoms with E-state index in [-0.39, 0.29) is 0 Å². The fourth-order valence-corrected chi connectivity index (χ4v) is 5.90. The predicted octanol–water partition coefficient (Wildman–Crippen LogP) is 4.96. The van der Waals surface area contributed by atoms with Crippen molar-refractivity contribution in [3.63, 3.8) is 0 Å². The summed E-state index contributed by atoms with van der Waals surface area (Å²) in [7, 11) is 0. The molecule has 2 bridgehead atoms. The number of hydrogen-bond acceptors (Lipinski definition) is 3. The number of ether oxygens (including phenoxy) is 3. The summed E-state index contributed by atoms with van der Waals surface area (Å²) >= 11 is 0. The van der Waals surface area contributed by atoms with Gasteiger partial charge in [-0.2, -0.15) is 17.6 Å². The van der Waals surface area contributed by atoms with Gasteiger partial charge in [0.15, 0.2) is 6.29 Å². The molecule has 0 spiro atoms. The van der Waals surface area contributed by atoms with Gasteiger partial charge < -0.3 is 9.47 Å². The smallest absolute Gasteiger partial charge is 0.353 e. The van der Waals surface area contributed by atoms with Crippen LogP contribution in [0.4, 0.5) is 22.0 Å². The molecule has 8 unspecified atom stereocenters. The molecule has 4 aliphatic rings. The Morgan fingerprint density at radius 2 is 1.58 bits per heavy atom. The van der Waals surface area contributed by atoms with Crippen LogP contribution in [0.2, 0.25) is 0 Å². The molecule has 2 heterocycles. The molecule has 2 aliphatic heterocycles. The zero-order valence-electron chi connectivity index (χ0n) is 14.9. The summed E-state index contributed by atoms with van der Waals surface area (Å²) in [6.45, 7) is 3.22. The molecule has 26 heavy (non-hydrogen) atoms. The van der Waals surface area contributed by atoms with Crippen molar-refractivity contribution < 1.29 is 36.2 Å². The molecule has 3 nitrogen and oxygen atoms in total. The van der Waals surface area contributed by atoms with E-state index < -0.39 is 59.9 Å². The Balaban J connectivity index is 1.61. The molecule has 4 rings (SSSR count). The lowest BCUT2D eigenvalue weighted by Crippen LogP contribution is -2.42. The largest absolute Gasteiger partial charge is 0.363 e. The molecule has 0 radical (unpaired) electrons. The Kier molecular flexibility index (Phi) is 4.36. The van der Waals surface area contributed by atoms with Crippen LogP contribution in [-0.4, -0.2) is 31.0 Å². The molecule has 2 saturated carbocycles. The molecular formula is C18H25F5O3. The maximum atomic E-state index is 15.9. The van der Waals surface area contributed by atoms with E-state index in [1.54, 1.807) is 6.92 Å². The minimum atomic E-state index is -3.98. The van der Waals surface area contributed by atoms with E-state index in [0.29, 0.717) is 25.9 Å². The predicted molar refractivity (Wildman–Crippen MR) is 81.0 cm³/mol. The molecular weight excluding hydrogens is 359 g/mol. The van der Waals surface area contributed by atoms with Crippen molar-refractivity contribution in [3.05, 3.63) is 0 Å². The average Bonchev–Trinajstić information content (AvgIpc) is 3.02. The van der Waals surface area contributed by atoms with Crippen LogP contribution in [0.5, 0.6) is 0 Å². The Bertz CT molecular complexity index is 553.